The average Bonchev–Trinajstić information content (AvgIpc) is 2.38. The lowest BCUT2D eigenvalue weighted by molar-refractivity contribution is -0.141. The van der Waals surface area contributed by atoms with Crippen LogP contribution in [0, 0.1) is 0 Å². The Balaban J connectivity index is 2.45. The minimum absolute atomic E-state index is 0.176. The third-order valence-corrected chi connectivity index (χ3v) is 2.50. The predicted octanol–water partition coefficient (Wildman–Crippen LogP) is 2.15. The molecular weight excluding hydrogens is 232 g/mol. The van der Waals surface area contributed by atoms with Crippen LogP contribution in [0.2, 0.25) is 0 Å². The molecule has 1 aromatic rings. The number of anilines is 1. The van der Waals surface area contributed by atoms with E-state index in [2.05, 4.69) is 15.4 Å². The maximum Gasteiger partial charge on any atom is 0.319 e. The second-order valence-corrected chi connectivity index (χ2v) is 3.85. The van der Waals surface area contributed by atoms with Gasteiger partial charge >= 0.3 is 12.0 Å². The predicted molar refractivity (Wildman–Crippen MR) is 69.3 cm³/mol. The zero-order valence-corrected chi connectivity index (χ0v) is 10.6. The van der Waals surface area contributed by atoms with Gasteiger partial charge in [0.1, 0.15) is 0 Å². The Morgan fingerprint density at radius 2 is 1.94 bits per heavy atom. The molecule has 0 saturated carbocycles. The number of urea groups is 1. The molecule has 1 rings (SSSR count). The fourth-order valence-corrected chi connectivity index (χ4v) is 1.46. The Labute approximate surface area is 107 Å². The Morgan fingerprint density at radius 1 is 1.28 bits per heavy atom. The van der Waals surface area contributed by atoms with Crippen molar-refractivity contribution >= 4 is 17.7 Å². The van der Waals surface area contributed by atoms with Gasteiger partial charge in [-0.05, 0) is 18.6 Å². The van der Waals surface area contributed by atoms with E-state index in [4.69, 9.17) is 0 Å². The van der Waals surface area contributed by atoms with Crippen LogP contribution in [0.1, 0.15) is 19.8 Å². The van der Waals surface area contributed by atoms with Crippen LogP contribution in [0.25, 0.3) is 0 Å². The van der Waals surface area contributed by atoms with Crippen LogP contribution < -0.4 is 10.6 Å². The summed E-state index contributed by atoms with van der Waals surface area (Å²) < 4.78 is 4.57. The molecule has 0 fully saturated rings. The van der Waals surface area contributed by atoms with Crippen LogP contribution in [-0.2, 0) is 9.53 Å². The van der Waals surface area contributed by atoms with Gasteiger partial charge in [0.15, 0.2) is 0 Å². The third kappa shape index (κ3) is 4.86. The van der Waals surface area contributed by atoms with Crippen molar-refractivity contribution in [1.82, 2.24) is 5.32 Å². The molecule has 2 N–H and O–H groups in total. The number of carbonyl (C=O) groups is 2. The average molecular weight is 250 g/mol. The fraction of sp³-hybridized carbons (Fsp3) is 0.385. The van der Waals surface area contributed by atoms with E-state index in [-0.39, 0.29) is 24.5 Å². The summed E-state index contributed by atoms with van der Waals surface area (Å²) in [6, 6.07) is 8.58. The smallest absolute Gasteiger partial charge is 0.319 e. The molecule has 0 aliphatic rings. The van der Waals surface area contributed by atoms with Crippen LogP contribution >= 0.6 is 0 Å². The van der Waals surface area contributed by atoms with Crippen molar-refractivity contribution in [3.8, 4) is 0 Å². The van der Waals surface area contributed by atoms with Crippen LogP contribution in [0.5, 0.6) is 0 Å². The SMILES string of the molecule is CCC(CC(=O)OC)NC(=O)Nc1ccccc1. The van der Waals surface area contributed by atoms with Gasteiger partial charge in [0.25, 0.3) is 0 Å². The number of rotatable bonds is 5. The van der Waals surface area contributed by atoms with Crippen molar-refractivity contribution in [2.24, 2.45) is 0 Å². The number of para-hydroxylation sites is 1. The molecule has 0 aromatic heterocycles. The summed E-state index contributed by atoms with van der Waals surface area (Å²) in [6.45, 7) is 1.90. The van der Waals surface area contributed by atoms with Gasteiger partial charge < -0.3 is 15.4 Å². The first-order chi connectivity index (χ1) is 8.65. The molecule has 0 saturated heterocycles. The van der Waals surface area contributed by atoms with Gasteiger partial charge in [0.2, 0.25) is 0 Å². The van der Waals surface area contributed by atoms with Gasteiger partial charge in [-0.3, -0.25) is 4.79 Å². The molecule has 1 atom stereocenters. The number of methoxy groups -OCH3 is 1. The van der Waals surface area contributed by atoms with E-state index in [0.29, 0.717) is 12.1 Å². The standard InChI is InChI=1S/C13H18N2O3/c1-3-10(9-12(16)18-2)14-13(17)15-11-7-5-4-6-8-11/h4-8,10H,3,9H2,1-2H3,(H2,14,15,17). The van der Waals surface area contributed by atoms with E-state index < -0.39 is 0 Å². The van der Waals surface area contributed by atoms with E-state index in [9.17, 15) is 9.59 Å². The zero-order chi connectivity index (χ0) is 13.4. The van der Waals surface area contributed by atoms with Gasteiger partial charge in [0, 0.05) is 11.7 Å². The summed E-state index contributed by atoms with van der Waals surface area (Å²) in [5.74, 6) is -0.332. The fourth-order valence-electron chi connectivity index (χ4n) is 1.46. The number of ether oxygens (including phenoxy) is 1. The van der Waals surface area contributed by atoms with Crippen molar-refractivity contribution in [1.29, 1.82) is 0 Å². The number of amides is 2. The summed E-state index contributed by atoms with van der Waals surface area (Å²) in [5, 5.41) is 5.43. The van der Waals surface area contributed by atoms with E-state index in [0.717, 1.165) is 0 Å². The van der Waals surface area contributed by atoms with Crippen LogP contribution in [0.15, 0.2) is 30.3 Å². The first-order valence-electron chi connectivity index (χ1n) is 5.85. The van der Waals surface area contributed by atoms with E-state index >= 15 is 0 Å². The minimum atomic E-state index is -0.332. The Kier molecular flexibility index (Phi) is 5.70. The molecule has 0 aliphatic carbocycles. The van der Waals surface area contributed by atoms with Gasteiger partial charge in [-0.1, -0.05) is 25.1 Å². The Bertz CT molecular complexity index is 392. The molecule has 98 valence electrons. The Hall–Kier alpha value is -2.04. The highest BCUT2D eigenvalue weighted by molar-refractivity contribution is 5.89. The van der Waals surface area contributed by atoms with E-state index in [1.165, 1.54) is 7.11 Å². The minimum Gasteiger partial charge on any atom is -0.469 e. The first-order valence-corrected chi connectivity index (χ1v) is 5.85. The van der Waals surface area contributed by atoms with Gasteiger partial charge in [-0.2, -0.15) is 0 Å². The van der Waals surface area contributed by atoms with E-state index in [1.54, 1.807) is 12.1 Å². The number of nitrogens with one attached hydrogen (secondary N) is 2. The van der Waals surface area contributed by atoms with E-state index in [1.807, 2.05) is 25.1 Å². The van der Waals surface area contributed by atoms with Crippen molar-refractivity contribution < 1.29 is 14.3 Å². The molecule has 0 radical (unpaired) electrons. The number of benzene rings is 1. The number of esters is 1. The van der Waals surface area contributed by atoms with Crippen molar-refractivity contribution in [2.45, 2.75) is 25.8 Å². The lowest BCUT2D eigenvalue weighted by atomic mass is 10.1. The molecule has 0 heterocycles. The second-order valence-electron chi connectivity index (χ2n) is 3.85. The lowest BCUT2D eigenvalue weighted by Crippen LogP contribution is -2.39. The highest BCUT2D eigenvalue weighted by Crippen LogP contribution is 2.05. The van der Waals surface area contributed by atoms with Gasteiger partial charge in [-0.15, -0.1) is 0 Å². The summed E-state index contributed by atoms with van der Waals surface area (Å²) in [7, 11) is 1.33. The second kappa shape index (κ2) is 7.32. The van der Waals surface area contributed by atoms with Crippen molar-refractivity contribution in [2.75, 3.05) is 12.4 Å². The van der Waals surface area contributed by atoms with Crippen LogP contribution in [0.4, 0.5) is 10.5 Å². The third-order valence-electron chi connectivity index (χ3n) is 2.50. The van der Waals surface area contributed by atoms with Gasteiger partial charge in [-0.25, -0.2) is 4.79 Å². The quantitative estimate of drug-likeness (QED) is 0.787. The molecule has 18 heavy (non-hydrogen) atoms. The number of hydrogen-bond acceptors (Lipinski definition) is 3. The molecule has 0 spiro atoms. The summed E-state index contributed by atoms with van der Waals surface area (Å²) >= 11 is 0. The van der Waals surface area contributed by atoms with Crippen molar-refractivity contribution in [3.05, 3.63) is 30.3 Å². The maximum absolute atomic E-state index is 11.7. The normalized spacial score (nSPS) is 11.4. The number of hydrogen-bond donors (Lipinski definition) is 2. The van der Waals surface area contributed by atoms with Gasteiger partial charge in [0.05, 0.1) is 13.5 Å². The molecular formula is C13H18N2O3. The maximum atomic E-state index is 11.7. The topological polar surface area (TPSA) is 67.4 Å². The number of carbonyl (C=O) groups excluding carboxylic acids is 2. The lowest BCUT2D eigenvalue weighted by Gasteiger charge is -2.16. The van der Waals surface area contributed by atoms with Crippen molar-refractivity contribution in [3.63, 3.8) is 0 Å². The summed E-state index contributed by atoms with van der Waals surface area (Å²) in [4.78, 5) is 22.8. The summed E-state index contributed by atoms with van der Waals surface area (Å²) in [6.07, 6.45) is 0.840. The molecule has 1 aromatic carbocycles. The monoisotopic (exact) mass is 250 g/mol. The zero-order valence-electron chi connectivity index (χ0n) is 10.6. The highest BCUT2D eigenvalue weighted by Gasteiger charge is 2.14. The molecule has 1 unspecified atom stereocenters. The van der Waals surface area contributed by atoms with Crippen LogP contribution in [-0.4, -0.2) is 25.2 Å². The molecule has 2 amide bonds. The molecule has 0 bridgehead atoms. The first kappa shape index (κ1) is 14.0. The van der Waals surface area contributed by atoms with Crippen LogP contribution in [0.3, 0.4) is 0 Å². The molecule has 0 aliphatic heterocycles. The Morgan fingerprint density at radius 3 is 2.50 bits per heavy atom. The highest BCUT2D eigenvalue weighted by atomic mass is 16.5. The largest absolute Gasteiger partial charge is 0.469 e. The molecule has 5 heteroatoms. The summed E-state index contributed by atoms with van der Waals surface area (Å²) in [5.41, 5.74) is 0.711. The molecule has 5 nitrogen and oxygen atoms in total.